The minimum Gasteiger partial charge on any atom is -0.396 e. The summed E-state index contributed by atoms with van der Waals surface area (Å²) < 4.78 is 27.2. The molecule has 2 aliphatic heterocycles. The molecule has 5 heteroatoms. The number of aliphatic hydroxyl groups is 1. The lowest BCUT2D eigenvalue weighted by Crippen LogP contribution is -2.34. The van der Waals surface area contributed by atoms with Gasteiger partial charge in [-0.25, -0.2) is 8.78 Å². The lowest BCUT2D eigenvalue weighted by Gasteiger charge is -2.26. The van der Waals surface area contributed by atoms with Crippen LogP contribution in [0.4, 0.5) is 8.78 Å². The molecule has 3 nitrogen and oxygen atoms in total. The highest BCUT2D eigenvalue weighted by atomic mass is 19.1. The molecule has 0 bridgehead atoms. The molecule has 3 rings (SSSR count). The molecule has 0 unspecified atom stereocenters. The van der Waals surface area contributed by atoms with E-state index in [1.54, 1.807) is 0 Å². The summed E-state index contributed by atoms with van der Waals surface area (Å²) >= 11 is 0. The monoisotopic (exact) mass is 338 g/mol. The van der Waals surface area contributed by atoms with Crippen LogP contribution in [0, 0.1) is 23.5 Å². The Morgan fingerprint density at radius 1 is 0.958 bits per heavy atom. The second kappa shape index (κ2) is 8.37. The van der Waals surface area contributed by atoms with Gasteiger partial charge in [0.05, 0.1) is 0 Å². The fraction of sp³-hybridized carbons (Fsp3) is 0.684. The van der Waals surface area contributed by atoms with E-state index in [2.05, 4.69) is 9.80 Å². The number of hydrogen-bond acceptors (Lipinski definition) is 3. The minimum atomic E-state index is -0.398. The molecule has 24 heavy (non-hydrogen) atoms. The fourth-order valence-corrected chi connectivity index (χ4v) is 4.13. The summed E-state index contributed by atoms with van der Waals surface area (Å²) in [7, 11) is 0. The van der Waals surface area contributed by atoms with Gasteiger partial charge in [0, 0.05) is 38.3 Å². The molecule has 0 saturated carbocycles. The van der Waals surface area contributed by atoms with Crippen LogP contribution in [0.3, 0.4) is 0 Å². The molecule has 2 heterocycles. The van der Waals surface area contributed by atoms with Crippen LogP contribution in [-0.2, 0) is 6.54 Å². The first kappa shape index (κ1) is 17.8. The number of hydrogen-bond donors (Lipinski definition) is 1. The quantitative estimate of drug-likeness (QED) is 0.894. The molecule has 1 aromatic rings. The molecule has 2 fully saturated rings. The Morgan fingerprint density at radius 3 is 2.38 bits per heavy atom. The zero-order chi connectivity index (χ0) is 16.9. The third-order valence-electron chi connectivity index (χ3n) is 5.48. The molecule has 1 N–H and O–H groups in total. The van der Waals surface area contributed by atoms with Gasteiger partial charge in [0.25, 0.3) is 0 Å². The highest BCUT2D eigenvalue weighted by Crippen LogP contribution is 2.27. The second-order valence-electron chi connectivity index (χ2n) is 7.35. The Balaban J connectivity index is 1.60. The van der Waals surface area contributed by atoms with E-state index in [1.807, 2.05) is 0 Å². The van der Waals surface area contributed by atoms with Crippen molar-refractivity contribution in [2.75, 3.05) is 39.3 Å². The summed E-state index contributed by atoms with van der Waals surface area (Å²) in [5.41, 5.74) is 0.405. The van der Waals surface area contributed by atoms with Crippen molar-refractivity contribution in [2.45, 2.75) is 32.2 Å². The first-order valence-electron chi connectivity index (χ1n) is 9.15. The Labute approximate surface area is 143 Å². The highest BCUT2D eigenvalue weighted by Gasteiger charge is 2.33. The van der Waals surface area contributed by atoms with E-state index >= 15 is 0 Å². The van der Waals surface area contributed by atoms with Crippen molar-refractivity contribution in [3.8, 4) is 0 Å². The van der Waals surface area contributed by atoms with Crippen molar-refractivity contribution in [1.29, 1.82) is 0 Å². The predicted octanol–water partition coefficient (Wildman–Crippen LogP) is 2.88. The predicted molar refractivity (Wildman–Crippen MR) is 90.6 cm³/mol. The standard InChI is InChI=1S/C19H28F2N2O/c20-18-5-6-19(21)15(9-18)10-23-12-16(17(13-23)14-24)11-22-7-3-1-2-4-8-22/h5-6,9,16-17,24H,1-4,7-8,10-14H2/t16-,17-/m1/s1. The van der Waals surface area contributed by atoms with Crippen molar-refractivity contribution in [3.05, 3.63) is 35.4 Å². The van der Waals surface area contributed by atoms with Gasteiger partial charge in [-0.1, -0.05) is 12.8 Å². The number of benzene rings is 1. The van der Waals surface area contributed by atoms with Gasteiger partial charge in [-0.3, -0.25) is 4.90 Å². The number of nitrogens with zero attached hydrogens (tertiary/aromatic N) is 2. The molecule has 0 spiro atoms. The van der Waals surface area contributed by atoms with E-state index in [0.29, 0.717) is 18.0 Å². The van der Waals surface area contributed by atoms with Gasteiger partial charge in [-0.05, 0) is 56.0 Å². The zero-order valence-electron chi connectivity index (χ0n) is 14.3. The molecule has 2 aliphatic rings. The summed E-state index contributed by atoms with van der Waals surface area (Å²) in [6, 6.07) is 3.63. The summed E-state index contributed by atoms with van der Waals surface area (Å²) in [5, 5.41) is 9.72. The van der Waals surface area contributed by atoms with E-state index in [1.165, 1.54) is 37.8 Å². The third-order valence-corrected chi connectivity index (χ3v) is 5.48. The van der Waals surface area contributed by atoms with Gasteiger partial charge >= 0.3 is 0 Å². The molecular formula is C19H28F2N2O. The zero-order valence-corrected chi connectivity index (χ0v) is 14.3. The molecule has 0 aromatic heterocycles. The molecule has 2 saturated heterocycles. The van der Waals surface area contributed by atoms with Gasteiger partial charge in [0.15, 0.2) is 0 Å². The number of likely N-dealkylation sites (tertiary alicyclic amines) is 2. The van der Waals surface area contributed by atoms with E-state index in [0.717, 1.165) is 38.8 Å². The van der Waals surface area contributed by atoms with Crippen molar-refractivity contribution in [3.63, 3.8) is 0 Å². The van der Waals surface area contributed by atoms with Crippen LogP contribution < -0.4 is 0 Å². The third kappa shape index (κ3) is 4.52. The summed E-state index contributed by atoms with van der Waals surface area (Å²) in [6.07, 6.45) is 5.15. The molecule has 2 atom stereocenters. The number of halogens is 2. The number of rotatable bonds is 5. The van der Waals surface area contributed by atoms with E-state index in [4.69, 9.17) is 0 Å². The Bertz CT molecular complexity index is 532. The molecule has 0 amide bonds. The first-order chi connectivity index (χ1) is 11.7. The first-order valence-corrected chi connectivity index (χ1v) is 9.15. The largest absolute Gasteiger partial charge is 0.396 e. The van der Waals surface area contributed by atoms with E-state index in [9.17, 15) is 13.9 Å². The molecule has 0 radical (unpaired) electrons. The van der Waals surface area contributed by atoms with Crippen molar-refractivity contribution < 1.29 is 13.9 Å². The average Bonchev–Trinajstić information content (AvgIpc) is 2.77. The van der Waals surface area contributed by atoms with Gasteiger partial charge in [-0.15, -0.1) is 0 Å². The van der Waals surface area contributed by atoms with Crippen LogP contribution in [0.15, 0.2) is 18.2 Å². The van der Waals surface area contributed by atoms with Gasteiger partial charge < -0.3 is 10.0 Å². The van der Waals surface area contributed by atoms with Crippen LogP contribution in [-0.4, -0.2) is 54.2 Å². The molecule has 1 aromatic carbocycles. The summed E-state index contributed by atoms with van der Waals surface area (Å²) in [5.74, 6) is -0.118. The Morgan fingerprint density at radius 2 is 1.67 bits per heavy atom. The normalized spacial score (nSPS) is 26.6. The maximum atomic E-state index is 13.9. The van der Waals surface area contributed by atoms with E-state index < -0.39 is 5.82 Å². The summed E-state index contributed by atoms with van der Waals surface area (Å²) in [4.78, 5) is 4.67. The summed E-state index contributed by atoms with van der Waals surface area (Å²) in [6.45, 7) is 5.48. The second-order valence-corrected chi connectivity index (χ2v) is 7.35. The van der Waals surface area contributed by atoms with Crippen molar-refractivity contribution in [1.82, 2.24) is 9.80 Å². The minimum absolute atomic E-state index is 0.167. The van der Waals surface area contributed by atoms with Gasteiger partial charge in [0.2, 0.25) is 0 Å². The Kier molecular flexibility index (Phi) is 6.19. The topological polar surface area (TPSA) is 26.7 Å². The van der Waals surface area contributed by atoms with Crippen LogP contribution >= 0.6 is 0 Å². The smallest absolute Gasteiger partial charge is 0.127 e. The fourth-order valence-electron chi connectivity index (χ4n) is 4.13. The Hall–Kier alpha value is -1.04. The van der Waals surface area contributed by atoms with Crippen LogP contribution in [0.2, 0.25) is 0 Å². The average molecular weight is 338 g/mol. The molecular weight excluding hydrogens is 310 g/mol. The van der Waals surface area contributed by atoms with Gasteiger partial charge in [0.1, 0.15) is 11.6 Å². The number of aliphatic hydroxyl groups excluding tert-OH is 1. The van der Waals surface area contributed by atoms with Gasteiger partial charge in [-0.2, -0.15) is 0 Å². The maximum Gasteiger partial charge on any atom is 0.127 e. The van der Waals surface area contributed by atoms with E-state index in [-0.39, 0.29) is 18.3 Å². The van der Waals surface area contributed by atoms with Crippen molar-refractivity contribution in [2.24, 2.45) is 11.8 Å². The van der Waals surface area contributed by atoms with Crippen LogP contribution in [0.1, 0.15) is 31.2 Å². The maximum absolute atomic E-state index is 13.9. The SMILES string of the molecule is OC[C@H]1CN(Cc2cc(F)ccc2F)C[C@H]1CN1CCCCCC1. The lowest BCUT2D eigenvalue weighted by atomic mass is 9.96. The lowest BCUT2D eigenvalue weighted by molar-refractivity contribution is 0.165. The molecule has 134 valence electrons. The van der Waals surface area contributed by atoms with Crippen molar-refractivity contribution >= 4 is 0 Å². The molecule has 0 aliphatic carbocycles. The highest BCUT2D eigenvalue weighted by molar-refractivity contribution is 5.18. The van der Waals surface area contributed by atoms with Crippen LogP contribution in [0.5, 0.6) is 0 Å². The van der Waals surface area contributed by atoms with Crippen LogP contribution in [0.25, 0.3) is 0 Å².